The van der Waals surface area contributed by atoms with Crippen LogP contribution in [0.3, 0.4) is 0 Å². The quantitative estimate of drug-likeness (QED) is 0.531. The molecule has 94 valence electrons. The Kier molecular flexibility index (Phi) is 4.84. The van der Waals surface area contributed by atoms with Crippen molar-refractivity contribution in [2.24, 2.45) is 0 Å². The summed E-state index contributed by atoms with van der Waals surface area (Å²) in [6.45, 7) is 1.80. The Morgan fingerprint density at radius 2 is 2.17 bits per heavy atom. The third kappa shape index (κ3) is 4.05. The predicted molar refractivity (Wildman–Crippen MR) is 76.8 cm³/mol. The monoisotopic (exact) mass is 313 g/mol. The highest BCUT2D eigenvalue weighted by Crippen LogP contribution is 2.26. The summed E-state index contributed by atoms with van der Waals surface area (Å²) in [4.78, 5) is 15.4. The van der Waals surface area contributed by atoms with Crippen molar-refractivity contribution in [3.63, 3.8) is 0 Å². The van der Waals surface area contributed by atoms with Gasteiger partial charge >= 0.3 is 5.97 Å². The van der Waals surface area contributed by atoms with Crippen molar-refractivity contribution in [1.29, 1.82) is 0 Å². The summed E-state index contributed by atoms with van der Waals surface area (Å²) in [6.07, 6.45) is 0. The van der Waals surface area contributed by atoms with E-state index in [0.29, 0.717) is 4.47 Å². The van der Waals surface area contributed by atoms with Crippen molar-refractivity contribution < 1.29 is 18.7 Å². The van der Waals surface area contributed by atoms with Gasteiger partial charge in [0.15, 0.2) is 11.5 Å². The lowest BCUT2D eigenvalue weighted by molar-refractivity contribution is 0.0512. The second-order valence-corrected chi connectivity index (χ2v) is 5.40. The van der Waals surface area contributed by atoms with Crippen LogP contribution in [-0.4, -0.2) is 46.4 Å². The van der Waals surface area contributed by atoms with Crippen molar-refractivity contribution in [3.8, 4) is 5.88 Å². The van der Waals surface area contributed by atoms with Crippen LogP contribution in [0.4, 0.5) is 4.39 Å². The number of carbonyl (C=O) groups excluding carboxylic acids is 1. The van der Waals surface area contributed by atoms with E-state index in [2.05, 4.69) is 20.9 Å². The van der Waals surface area contributed by atoms with Crippen LogP contribution < -0.4 is 4.74 Å². The van der Waals surface area contributed by atoms with Crippen LogP contribution in [0.5, 0.6) is 5.88 Å². The predicted octanol–water partition coefficient (Wildman–Crippen LogP) is -0.951. The molecule has 0 radical (unpaired) electrons. The fraction of sp³-hybridized carbons (Fsp3) is 0.333. The third-order valence-electron chi connectivity index (χ3n) is 1.77. The molecule has 1 aromatic heterocycles. The Hall–Kier alpha value is -0.975. The topological polar surface area (TPSA) is 48.4 Å². The molecule has 0 saturated heterocycles. The molecule has 0 unspecified atom stereocenters. The highest BCUT2D eigenvalue weighted by atomic mass is 79.9. The zero-order chi connectivity index (χ0) is 13.9. The van der Waals surface area contributed by atoms with E-state index in [1.165, 1.54) is 0 Å². The number of ether oxygens (including phenoxy) is 2. The number of pyridine rings is 1. The molecule has 1 rings (SSSR count). The highest BCUT2D eigenvalue weighted by Gasteiger charge is 2.22. The van der Waals surface area contributed by atoms with Gasteiger partial charge in [0.2, 0.25) is 5.88 Å². The van der Waals surface area contributed by atoms with Gasteiger partial charge in [0, 0.05) is 5.30 Å². The normalized spacial score (nSPS) is 11.1. The first kappa shape index (κ1) is 15.1. The standard InChI is InChI=1S/C9H12B3BrFNO3/c1-2-17-8(16)6-5(14)3-4(13)7(15-6)18-9(10,11)12/h3H,2,10-12H2,1H3. The molecule has 0 N–H and O–H groups in total. The van der Waals surface area contributed by atoms with Crippen LogP contribution in [0.15, 0.2) is 10.5 Å². The number of halogens is 2. The van der Waals surface area contributed by atoms with E-state index in [1.54, 1.807) is 6.92 Å². The minimum Gasteiger partial charge on any atom is -0.498 e. The Labute approximate surface area is 116 Å². The van der Waals surface area contributed by atoms with E-state index < -0.39 is 17.1 Å². The zero-order valence-corrected chi connectivity index (χ0v) is 12.3. The van der Waals surface area contributed by atoms with Crippen LogP contribution >= 0.6 is 15.9 Å². The molecule has 0 aliphatic heterocycles. The minimum atomic E-state index is -0.804. The SMILES string of the molecule is BC(B)(B)Oc1nc(C(=O)OCC)c(F)cc1Br. The third-order valence-corrected chi connectivity index (χ3v) is 2.34. The molecule has 0 saturated carbocycles. The first-order chi connectivity index (χ1) is 8.24. The molecule has 0 aliphatic rings. The molecule has 1 heterocycles. The molecule has 4 nitrogen and oxygen atoms in total. The van der Waals surface area contributed by atoms with Crippen molar-refractivity contribution in [2.45, 2.75) is 12.2 Å². The molecule has 0 spiro atoms. The van der Waals surface area contributed by atoms with Gasteiger partial charge in [-0.25, -0.2) is 14.2 Å². The number of esters is 1. The second-order valence-electron chi connectivity index (χ2n) is 4.54. The Morgan fingerprint density at radius 1 is 1.56 bits per heavy atom. The smallest absolute Gasteiger partial charge is 0.360 e. The zero-order valence-electron chi connectivity index (χ0n) is 10.7. The van der Waals surface area contributed by atoms with Gasteiger partial charge in [-0.1, -0.05) is 0 Å². The number of aromatic nitrogens is 1. The van der Waals surface area contributed by atoms with Crippen LogP contribution in [0.1, 0.15) is 17.4 Å². The van der Waals surface area contributed by atoms with Crippen molar-refractivity contribution in [2.75, 3.05) is 6.61 Å². The average molecular weight is 314 g/mol. The van der Waals surface area contributed by atoms with E-state index in [0.717, 1.165) is 6.07 Å². The summed E-state index contributed by atoms with van der Waals surface area (Å²) >= 11 is 3.14. The first-order valence-electron chi connectivity index (χ1n) is 5.46. The Morgan fingerprint density at radius 3 is 2.67 bits per heavy atom. The fourth-order valence-electron chi connectivity index (χ4n) is 1.15. The number of hydrogen-bond donors (Lipinski definition) is 0. The van der Waals surface area contributed by atoms with Crippen molar-refractivity contribution >= 4 is 45.4 Å². The lowest BCUT2D eigenvalue weighted by atomic mass is 9.52. The van der Waals surface area contributed by atoms with E-state index in [4.69, 9.17) is 9.47 Å². The molecule has 1 aromatic rings. The molecule has 0 fully saturated rings. The van der Waals surface area contributed by atoms with Gasteiger partial charge in [0.1, 0.15) is 23.5 Å². The van der Waals surface area contributed by atoms with E-state index >= 15 is 0 Å². The summed E-state index contributed by atoms with van der Waals surface area (Å²) in [5, 5.41) is -0.501. The average Bonchev–Trinajstić information content (AvgIpc) is 2.20. The number of hydrogen-bond acceptors (Lipinski definition) is 4. The van der Waals surface area contributed by atoms with E-state index in [9.17, 15) is 9.18 Å². The lowest BCUT2D eigenvalue weighted by Gasteiger charge is -2.22. The summed E-state index contributed by atoms with van der Waals surface area (Å²) in [7, 11) is 5.48. The van der Waals surface area contributed by atoms with Crippen molar-refractivity contribution in [1.82, 2.24) is 4.98 Å². The first-order valence-corrected chi connectivity index (χ1v) is 6.26. The Balaban J connectivity index is 3.14. The number of carbonyl (C=O) groups is 1. The lowest BCUT2D eigenvalue weighted by Crippen LogP contribution is -2.38. The van der Waals surface area contributed by atoms with Crippen LogP contribution in [0, 0.1) is 5.82 Å². The summed E-state index contributed by atoms with van der Waals surface area (Å²) in [5.41, 5.74) is -0.376. The molecule has 0 atom stereocenters. The molecule has 9 heteroatoms. The fourth-order valence-corrected chi connectivity index (χ4v) is 1.52. The second kappa shape index (κ2) is 5.78. The number of nitrogens with zero attached hydrogens (tertiary/aromatic N) is 1. The van der Waals surface area contributed by atoms with Crippen molar-refractivity contribution in [3.05, 3.63) is 22.1 Å². The molecule has 0 aliphatic carbocycles. The summed E-state index contributed by atoms with van der Waals surface area (Å²) in [5.74, 6) is -1.39. The molecule has 18 heavy (non-hydrogen) atoms. The molecule has 0 bridgehead atoms. The summed E-state index contributed by atoms with van der Waals surface area (Å²) < 4.78 is 24.2. The molecular formula is C9H12B3BrFNO3. The minimum absolute atomic E-state index is 0.158. The van der Waals surface area contributed by atoms with E-state index in [1.807, 2.05) is 23.5 Å². The molecule has 0 aromatic carbocycles. The maximum absolute atomic E-state index is 13.6. The van der Waals surface area contributed by atoms with Gasteiger partial charge in [-0.2, -0.15) is 0 Å². The van der Waals surface area contributed by atoms with Gasteiger partial charge in [0.25, 0.3) is 0 Å². The molecular weight excluding hydrogens is 301 g/mol. The van der Waals surface area contributed by atoms with Crippen LogP contribution in [0.2, 0.25) is 0 Å². The maximum Gasteiger partial charge on any atom is 0.360 e. The van der Waals surface area contributed by atoms with Crippen LogP contribution in [0.25, 0.3) is 0 Å². The highest BCUT2D eigenvalue weighted by molar-refractivity contribution is 9.10. The maximum atomic E-state index is 13.6. The number of rotatable bonds is 4. The van der Waals surface area contributed by atoms with Gasteiger partial charge in [-0.15, -0.1) is 0 Å². The van der Waals surface area contributed by atoms with Gasteiger partial charge in [-0.3, -0.25) is 0 Å². The molecule has 0 amide bonds. The van der Waals surface area contributed by atoms with Crippen LogP contribution in [-0.2, 0) is 4.74 Å². The Bertz CT molecular complexity index is 467. The van der Waals surface area contributed by atoms with Gasteiger partial charge < -0.3 is 9.47 Å². The van der Waals surface area contributed by atoms with Gasteiger partial charge in [-0.05, 0) is 28.9 Å². The largest absolute Gasteiger partial charge is 0.498 e. The summed E-state index contributed by atoms with van der Waals surface area (Å²) in [6, 6.07) is 1.14. The van der Waals surface area contributed by atoms with E-state index in [-0.39, 0.29) is 18.2 Å². The van der Waals surface area contributed by atoms with Gasteiger partial charge in [0.05, 0.1) is 11.1 Å².